The maximum absolute atomic E-state index is 12.9. The number of nitrogens with one attached hydrogen (secondary N) is 2. The van der Waals surface area contributed by atoms with Gasteiger partial charge in [-0.25, -0.2) is 9.97 Å². The van der Waals surface area contributed by atoms with E-state index in [0.717, 1.165) is 16.3 Å². The molecule has 3 aromatic heterocycles. The minimum atomic E-state index is -0.344. The summed E-state index contributed by atoms with van der Waals surface area (Å²) in [7, 11) is 0. The predicted molar refractivity (Wildman–Crippen MR) is 119 cm³/mol. The molecule has 7 nitrogen and oxygen atoms in total. The molecule has 1 amide bonds. The van der Waals surface area contributed by atoms with Crippen LogP contribution >= 0.6 is 11.3 Å². The molecule has 4 rings (SSSR count). The lowest BCUT2D eigenvalue weighted by atomic mass is 9.80. The normalized spacial score (nSPS) is 18.4. The molecule has 0 spiro atoms. The molecule has 0 atom stereocenters. The number of fused-ring (bicyclic) bond motifs is 1. The van der Waals surface area contributed by atoms with Crippen LogP contribution in [0.25, 0.3) is 21.5 Å². The topological polar surface area (TPSA) is 97.0 Å². The van der Waals surface area contributed by atoms with Crippen molar-refractivity contribution in [2.75, 3.05) is 5.32 Å². The Kier molecular flexibility index (Phi) is 5.02. The zero-order chi connectivity index (χ0) is 21.7. The van der Waals surface area contributed by atoms with Crippen molar-refractivity contribution in [3.63, 3.8) is 0 Å². The lowest BCUT2D eigenvalue weighted by Crippen LogP contribution is -2.48. The zero-order valence-electron chi connectivity index (χ0n) is 17.8. The summed E-state index contributed by atoms with van der Waals surface area (Å²) in [5.74, 6) is -0.168. The molecular formula is C22H26N4O3S. The maximum atomic E-state index is 12.9. The van der Waals surface area contributed by atoms with Crippen LogP contribution in [-0.4, -0.2) is 32.1 Å². The summed E-state index contributed by atoms with van der Waals surface area (Å²) in [6.45, 7) is 9.91. The summed E-state index contributed by atoms with van der Waals surface area (Å²) in [6.07, 6.45) is 3.04. The number of amides is 1. The quantitative estimate of drug-likeness (QED) is 0.652. The molecule has 0 unspecified atom stereocenters. The van der Waals surface area contributed by atoms with E-state index in [4.69, 9.17) is 4.74 Å². The number of nitrogens with zero attached hydrogens (tertiary/aromatic N) is 2. The molecule has 3 aromatic rings. The highest BCUT2D eigenvalue weighted by atomic mass is 32.1. The van der Waals surface area contributed by atoms with Gasteiger partial charge in [-0.1, -0.05) is 11.3 Å². The van der Waals surface area contributed by atoms with Crippen molar-refractivity contribution >= 4 is 33.3 Å². The summed E-state index contributed by atoms with van der Waals surface area (Å²) >= 11 is 1.37. The number of carbonyl (C=O) groups excluding carboxylic acids is 1. The van der Waals surface area contributed by atoms with Gasteiger partial charge in [-0.2, -0.15) is 0 Å². The van der Waals surface area contributed by atoms with Gasteiger partial charge in [0.25, 0.3) is 5.56 Å². The van der Waals surface area contributed by atoms with Gasteiger partial charge in [-0.15, -0.1) is 0 Å². The molecule has 30 heavy (non-hydrogen) atoms. The summed E-state index contributed by atoms with van der Waals surface area (Å²) in [6, 6.07) is 5.41. The van der Waals surface area contributed by atoms with Crippen LogP contribution in [0.15, 0.2) is 29.2 Å². The average Bonchev–Trinajstić information content (AvgIpc) is 3.07. The Hall–Kier alpha value is -2.58. The summed E-state index contributed by atoms with van der Waals surface area (Å²) < 4.78 is 6.08. The number of rotatable bonds is 3. The SMILES string of the molecule is Cc1cc2nc(-c3cnc(NC(=O)C4CC(C)(C)OC(C)(C)C4)s3)ccc2c(=O)[nH]1. The van der Waals surface area contributed by atoms with Gasteiger partial charge in [0, 0.05) is 17.8 Å². The zero-order valence-corrected chi connectivity index (χ0v) is 18.6. The van der Waals surface area contributed by atoms with Gasteiger partial charge in [0.15, 0.2) is 5.13 Å². The first kappa shape index (κ1) is 20.7. The Bertz CT molecular complexity index is 1160. The predicted octanol–water partition coefficient (Wildman–Crippen LogP) is 4.28. The fourth-order valence-electron chi connectivity index (χ4n) is 4.34. The molecule has 0 aliphatic carbocycles. The molecular weight excluding hydrogens is 400 g/mol. The maximum Gasteiger partial charge on any atom is 0.257 e. The van der Waals surface area contributed by atoms with Crippen LogP contribution in [0.1, 0.15) is 46.2 Å². The highest BCUT2D eigenvalue weighted by Crippen LogP contribution is 2.39. The van der Waals surface area contributed by atoms with E-state index in [1.54, 1.807) is 18.3 Å². The van der Waals surface area contributed by atoms with Crippen LogP contribution in [0.2, 0.25) is 0 Å². The van der Waals surface area contributed by atoms with Crippen LogP contribution in [0.5, 0.6) is 0 Å². The summed E-state index contributed by atoms with van der Waals surface area (Å²) in [5.41, 5.74) is 1.28. The summed E-state index contributed by atoms with van der Waals surface area (Å²) in [4.78, 5) is 37.5. The molecule has 158 valence electrons. The van der Waals surface area contributed by atoms with Crippen molar-refractivity contribution in [3.8, 4) is 10.6 Å². The molecule has 1 aliphatic heterocycles. The smallest absolute Gasteiger partial charge is 0.257 e. The van der Waals surface area contributed by atoms with Gasteiger partial charge >= 0.3 is 0 Å². The second-order valence-corrected chi connectivity index (χ2v) is 10.2. The molecule has 1 fully saturated rings. The number of aromatic nitrogens is 3. The van der Waals surface area contributed by atoms with E-state index in [-0.39, 0.29) is 28.6 Å². The van der Waals surface area contributed by atoms with Crippen molar-refractivity contribution in [2.24, 2.45) is 5.92 Å². The van der Waals surface area contributed by atoms with Crippen molar-refractivity contribution in [2.45, 2.75) is 58.7 Å². The fraction of sp³-hybridized carbons (Fsp3) is 0.455. The largest absolute Gasteiger partial charge is 0.370 e. The molecule has 1 aliphatic rings. The average molecular weight is 427 g/mol. The van der Waals surface area contributed by atoms with Crippen molar-refractivity contribution in [1.29, 1.82) is 0 Å². The number of aryl methyl sites for hydroxylation is 1. The van der Waals surface area contributed by atoms with Crippen molar-refractivity contribution in [1.82, 2.24) is 15.0 Å². The van der Waals surface area contributed by atoms with Crippen molar-refractivity contribution < 1.29 is 9.53 Å². The number of thiazole rings is 1. The van der Waals surface area contributed by atoms with E-state index in [9.17, 15) is 9.59 Å². The molecule has 1 saturated heterocycles. The van der Waals surface area contributed by atoms with E-state index in [0.29, 0.717) is 28.9 Å². The third-order valence-corrected chi connectivity index (χ3v) is 6.16. The lowest BCUT2D eigenvalue weighted by Gasteiger charge is -2.44. The Morgan fingerprint density at radius 1 is 1.23 bits per heavy atom. The molecule has 0 bridgehead atoms. The van der Waals surface area contributed by atoms with Crippen LogP contribution in [-0.2, 0) is 9.53 Å². The second kappa shape index (κ2) is 7.28. The minimum absolute atomic E-state index is 0.0334. The molecule has 4 heterocycles. The molecule has 2 N–H and O–H groups in total. The van der Waals surface area contributed by atoms with E-state index in [1.807, 2.05) is 40.7 Å². The number of hydrogen-bond donors (Lipinski definition) is 2. The number of pyridine rings is 2. The first-order valence-electron chi connectivity index (χ1n) is 9.99. The van der Waals surface area contributed by atoms with Gasteiger partial charge in [0.2, 0.25) is 5.91 Å². The van der Waals surface area contributed by atoms with E-state index >= 15 is 0 Å². The molecule has 0 aromatic carbocycles. The highest BCUT2D eigenvalue weighted by molar-refractivity contribution is 7.19. The van der Waals surface area contributed by atoms with Gasteiger partial charge in [-0.3, -0.25) is 9.59 Å². The highest BCUT2D eigenvalue weighted by Gasteiger charge is 2.42. The van der Waals surface area contributed by atoms with E-state index in [1.165, 1.54) is 11.3 Å². The first-order chi connectivity index (χ1) is 14.0. The standard InChI is InChI=1S/C22H26N4O3S/c1-12-8-16-14(19(28)24-12)6-7-15(25-16)17-11-23-20(30-17)26-18(27)13-9-21(2,3)29-22(4,5)10-13/h6-8,11,13H,9-10H2,1-5H3,(H,24,28)(H,23,26,27). The van der Waals surface area contributed by atoms with Crippen LogP contribution in [0.4, 0.5) is 5.13 Å². The van der Waals surface area contributed by atoms with Gasteiger partial charge in [-0.05, 0) is 65.7 Å². The fourth-order valence-corrected chi connectivity index (χ4v) is 5.12. The Balaban J connectivity index is 1.54. The number of hydrogen-bond acceptors (Lipinski definition) is 6. The number of H-pyrrole nitrogens is 1. The van der Waals surface area contributed by atoms with Crippen LogP contribution < -0.4 is 10.9 Å². The molecule has 0 radical (unpaired) electrons. The van der Waals surface area contributed by atoms with Crippen molar-refractivity contribution in [3.05, 3.63) is 40.4 Å². The Morgan fingerprint density at radius 2 is 1.93 bits per heavy atom. The number of carbonyl (C=O) groups is 1. The Labute approximate surface area is 178 Å². The van der Waals surface area contributed by atoms with E-state index in [2.05, 4.69) is 20.3 Å². The number of anilines is 1. The monoisotopic (exact) mass is 426 g/mol. The third kappa shape index (κ3) is 4.29. The number of aromatic amines is 1. The van der Waals surface area contributed by atoms with Gasteiger partial charge < -0.3 is 15.0 Å². The van der Waals surface area contributed by atoms with E-state index < -0.39 is 0 Å². The lowest BCUT2D eigenvalue weighted by molar-refractivity contribution is -0.176. The summed E-state index contributed by atoms with van der Waals surface area (Å²) in [5, 5.41) is 4.05. The second-order valence-electron chi connectivity index (χ2n) is 9.16. The molecule has 0 saturated carbocycles. The molecule has 8 heteroatoms. The van der Waals surface area contributed by atoms with Gasteiger partial charge in [0.1, 0.15) is 0 Å². The number of ether oxygens (including phenoxy) is 1. The first-order valence-corrected chi connectivity index (χ1v) is 10.8. The van der Waals surface area contributed by atoms with Crippen LogP contribution in [0.3, 0.4) is 0 Å². The minimum Gasteiger partial charge on any atom is -0.370 e. The van der Waals surface area contributed by atoms with Crippen LogP contribution in [0, 0.1) is 12.8 Å². The van der Waals surface area contributed by atoms with Gasteiger partial charge in [0.05, 0.1) is 32.7 Å². The third-order valence-electron chi connectivity index (χ3n) is 5.22. The Morgan fingerprint density at radius 3 is 2.63 bits per heavy atom.